The van der Waals surface area contributed by atoms with Gasteiger partial charge < -0.3 is 20.4 Å². The SMILES string of the molecule is CNC(=O)[C@]12C[C@@H]1/C=C\CCCCC[C@H](CC(=O)N1CCCCC1)C(=O)N1CCC[C@H]1C(=O)N2. The summed E-state index contributed by atoms with van der Waals surface area (Å²) < 4.78 is 0. The number of nitrogens with zero attached hydrogens (tertiary/aromatic N) is 2. The lowest BCUT2D eigenvalue weighted by Crippen LogP contribution is -2.55. The Balaban J connectivity index is 1.52. The molecule has 0 spiro atoms. The van der Waals surface area contributed by atoms with Crippen molar-refractivity contribution < 1.29 is 19.2 Å². The summed E-state index contributed by atoms with van der Waals surface area (Å²) in [5, 5.41) is 5.72. The van der Waals surface area contributed by atoms with E-state index in [0.717, 1.165) is 64.5 Å². The Morgan fingerprint density at radius 2 is 1.79 bits per heavy atom. The molecule has 3 aliphatic heterocycles. The molecule has 4 amide bonds. The van der Waals surface area contributed by atoms with Gasteiger partial charge in [0, 0.05) is 44.9 Å². The van der Waals surface area contributed by atoms with Gasteiger partial charge in [0.2, 0.25) is 23.6 Å². The summed E-state index contributed by atoms with van der Waals surface area (Å²) in [6, 6.07) is -0.572. The zero-order valence-electron chi connectivity index (χ0n) is 20.5. The van der Waals surface area contributed by atoms with E-state index in [-0.39, 0.29) is 41.9 Å². The molecule has 0 aromatic carbocycles. The maximum atomic E-state index is 13.7. The third-order valence-electron chi connectivity index (χ3n) is 8.10. The highest BCUT2D eigenvalue weighted by atomic mass is 16.2. The van der Waals surface area contributed by atoms with Crippen molar-refractivity contribution in [3.8, 4) is 0 Å². The van der Waals surface area contributed by atoms with Crippen LogP contribution in [-0.2, 0) is 19.2 Å². The number of nitrogens with one attached hydrogen (secondary N) is 2. The zero-order chi connectivity index (χ0) is 24.1. The van der Waals surface area contributed by atoms with E-state index in [0.29, 0.717) is 25.8 Å². The van der Waals surface area contributed by atoms with Gasteiger partial charge in [-0.3, -0.25) is 19.2 Å². The minimum absolute atomic E-state index is 0.0120. The van der Waals surface area contributed by atoms with Gasteiger partial charge in [-0.1, -0.05) is 25.0 Å². The molecule has 0 aromatic rings. The van der Waals surface area contributed by atoms with Gasteiger partial charge >= 0.3 is 0 Å². The van der Waals surface area contributed by atoms with Crippen molar-refractivity contribution in [1.82, 2.24) is 20.4 Å². The normalized spacial score (nSPS) is 33.6. The monoisotopic (exact) mass is 472 g/mol. The van der Waals surface area contributed by atoms with Gasteiger partial charge in [-0.05, 0) is 57.8 Å². The lowest BCUT2D eigenvalue weighted by atomic mass is 9.94. The highest BCUT2D eigenvalue weighted by molar-refractivity contribution is 5.98. The molecule has 8 heteroatoms. The molecule has 4 aliphatic rings. The molecule has 4 rings (SSSR count). The molecule has 188 valence electrons. The number of carbonyl (C=O) groups excluding carboxylic acids is 4. The highest BCUT2D eigenvalue weighted by Gasteiger charge is 2.60. The topological polar surface area (TPSA) is 98.8 Å². The minimum atomic E-state index is -0.913. The molecule has 0 aromatic heterocycles. The number of rotatable bonds is 3. The van der Waals surface area contributed by atoms with Gasteiger partial charge in [0.1, 0.15) is 11.6 Å². The van der Waals surface area contributed by atoms with Crippen LogP contribution in [0.3, 0.4) is 0 Å². The van der Waals surface area contributed by atoms with Crippen molar-refractivity contribution in [2.45, 2.75) is 88.6 Å². The van der Waals surface area contributed by atoms with Crippen molar-refractivity contribution in [2.75, 3.05) is 26.7 Å². The van der Waals surface area contributed by atoms with Crippen LogP contribution in [0.2, 0.25) is 0 Å². The van der Waals surface area contributed by atoms with Gasteiger partial charge in [0.15, 0.2) is 0 Å². The maximum absolute atomic E-state index is 13.7. The van der Waals surface area contributed by atoms with Crippen LogP contribution < -0.4 is 10.6 Å². The molecule has 4 atom stereocenters. The Morgan fingerprint density at radius 1 is 1.03 bits per heavy atom. The fourth-order valence-corrected chi connectivity index (χ4v) is 5.93. The van der Waals surface area contributed by atoms with Crippen LogP contribution in [0.4, 0.5) is 0 Å². The molecular formula is C26H40N4O4. The molecule has 3 fully saturated rings. The molecule has 0 bridgehead atoms. The number of carbonyl (C=O) groups is 4. The number of fused-ring (bicyclic) bond motifs is 2. The molecule has 1 saturated carbocycles. The van der Waals surface area contributed by atoms with Crippen LogP contribution in [0.1, 0.15) is 77.0 Å². The predicted octanol–water partition coefficient (Wildman–Crippen LogP) is 2.14. The van der Waals surface area contributed by atoms with Crippen LogP contribution in [-0.4, -0.2) is 71.7 Å². The van der Waals surface area contributed by atoms with Gasteiger partial charge in [0.05, 0.1) is 0 Å². The highest BCUT2D eigenvalue weighted by Crippen LogP contribution is 2.45. The van der Waals surface area contributed by atoms with Crippen molar-refractivity contribution in [3.05, 3.63) is 12.2 Å². The van der Waals surface area contributed by atoms with E-state index in [1.807, 2.05) is 4.90 Å². The summed E-state index contributed by atoms with van der Waals surface area (Å²) in [7, 11) is 1.59. The first-order valence-corrected chi connectivity index (χ1v) is 13.3. The molecule has 8 nitrogen and oxygen atoms in total. The second-order valence-corrected chi connectivity index (χ2v) is 10.4. The summed E-state index contributed by atoms with van der Waals surface area (Å²) in [4.78, 5) is 56.3. The fraction of sp³-hybridized carbons (Fsp3) is 0.769. The average molecular weight is 473 g/mol. The lowest BCUT2D eigenvalue weighted by molar-refractivity contribution is -0.145. The van der Waals surface area contributed by atoms with Gasteiger partial charge in [-0.25, -0.2) is 0 Å². The summed E-state index contributed by atoms with van der Waals surface area (Å²) in [6.07, 6.45) is 14.0. The van der Waals surface area contributed by atoms with Crippen molar-refractivity contribution >= 4 is 23.6 Å². The Morgan fingerprint density at radius 3 is 2.56 bits per heavy atom. The van der Waals surface area contributed by atoms with Gasteiger partial charge in [-0.2, -0.15) is 0 Å². The summed E-state index contributed by atoms with van der Waals surface area (Å²) in [5.41, 5.74) is -0.913. The Kier molecular flexibility index (Phi) is 7.94. The summed E-state index contributed by atoms with van der Waals surface area (Å²) in [5.74, 6) is -0.829. The van der Waals surface area contributed by atoms with Crippen LogP contribution in [0.5, 0.6) is 0 Å². The standard InChI is InChI=1S/C26H40N4O4/c1-27-25(34)26-18-20(26)12-7-4-2-3-6-11-19(17-22(31)29-14-8-5-9-15-29)24(33)30-16-10-13-21(30)23(32)28-26/h7,12,19-21H,2-6,8-11,13-18H2,1H3,(H,27,34)(H,28,32)/b12-7-/t19-,20+,21+,26+/m1/s1. The average Bonchev–Trinajstić information content (AvgIpc) is 3.31. The number of likely N-dealkylation sites (N-methyl/N-ethyl adjacent to an activating group) is 1. The minimum Gasteiger partial charge on any atom is -0.357 e. The summed E-state index contributed by atoms with van der Waals surface area (Å²) in [6.45, 7) is 2.09. The first kappa shape index (κ1) is 24.7. The molecule has 0 unspecified atom stereocenters. The van der Waals surface area contributed by atoms with E-state index in [4.69, 9.17) is 0 Å². The molecule has 3 heterocycles. The molecule has 0 radical (unpaired) electrons. The molecule has 1 aliphatic carbocycles. The quantitative estimate of drug-likeness (QED) is 0.615. The molecular weight excluding hydrogens is 432 g/mol. The Labute approximate surface area is 202 Å². The van der Waals surface area contributed by atoms with Crippen molar-refractivity contribution in [1.29, 1.82) is 0 Å². The fourth-order valence-electron chi connectivity index (χ4n) is 5.93. The number of likely N-dealkylation sites (tertiary alicyclic amines) is 1. The van der Waals surface area contributed by atoms with Crippen LogP contribution in [0.25, 0.3) is 0 Å². The van der Waals surface area contributed by atoms with E-state index in [9.17, 15) is 19.2 Å². The van der Waals surface area contributed by atoms with Crippen LogP contribution in [0, 0.1) is 11.8 Å². The molecule has 34 heavy (non-hydrogen) atoms. The first-order valence-electron chi connectivity index (χ1n) is 13.3. The number of amides is 4. The number of allylic oxidation sites excluding steroid dienone is 1. The molecule has 2 saturated heterocycles. The third-order valence-corrected chi connectivity index (χ3v) is 8.10. The van der Waals surface area contributed by atoms with E-state index < -0.39 is 11.6 Å². The van der Waals surface area contributed by atoms with Crippen LogP contribution in [0.15, 0.2) is 12.2 Å². The zero-order valence-corrected chi connectivity index (χ0v) is 20.5. The van der Waals surface area contributed by atoms with E-state index in [2.05, 4.69) is 22.8 Å². The predicted molar refractivity (Wildman–Crippen MR) is 129 cm³/mol. The van der Waals surface area contributed by atoms with E-state index >= 15 is 0 Å². The second kappa shape index (κ2) is 10.9. The van der Waals surface area contributed by atoms with Crippen LogP contribution >= 0.6 is 0 Å². The van der Waals surface area contributed by atoms with Gasteiger partial charge in [-0.15, -0.1) is 0 Å². The summed E-state index contributed by atoms with van der Waals surface area (Å²) >= 11 is 0. The smallest absolute Gasteiger partial charge is 0.246 e. The largest absolute Gasteiger partial charge is 0.357 e. The van der Waals surface area contributed by atoms with E-state index in [1.54, 1.807) is 11.9 Å². The third kappa shape index (κ3) is 5.31. The Bertz CT molecular complexity index is 822. The Hall–Kier alpha value is -2.38. The second-order valence-electron chi connectivity index (χ2n) is 10.4. The van der Waals surface area contributed by atoms with Crippen molar-refractivity contribution in [3.63, 3.8) is 0 Å². The maximum Gasteiger partial charge on any atom is 0.246 e. The lowest BCUT2D eigenvalue weighted by Gasteiger charge is -2.31. The van der Waals surface area contributed by atoms with E-state index in [1.165, 1.54) is 0 Å². The first-order chi connectivity index (χ1) is 16.5. The number of piperidine rings is 1. The van der Waals surface area contributed by atoms with Gasteiger partial charge in [0.25, 0.3) is 0 Å². The van der Waals surface area contributed by atoms with Crippen molar-refractivity contribution in [2.24, 2.45) is 11.8 Å². The number of hydrogen-bond donors (Lipinski definition) is 2. The number of hydrogen-bond acceptors (Lipinski definition) is 4. The molecule has 2 N–H and O–H groups in total.